The molecule has 0 spiro atoms. The van der Waals surface area contributed by atoms with Crippen LogP contribution < -0.4 is 10.1 Å². The number of rotatable bonds is 6. The standard InChI is InChI=1S/C16H16ClN3O6S2/c1-26-13-5-4-10(20(22)23)9-11(13)18-16(21)12-3-2-8-19(12)28(24,25)15-7-6-14(17)27-15/h4-7,9,12H,2-3,8H2,1H3,(H,18,21)/t12-/m1/s1. The van der Waals surface area contributed by atoms with Crippen LogP contribution >= 0.6 is 22.9 Å². The zero-order chi connectivity index (χ0) is 20.5. The van der Waals surface area contributed by atoms with Crippen molar-refractivity contribution < 1.29 is 22.9 Å². The molecule has 0 aliphatic carbocycles. The molecule has 1 amide bonds. The summed E-state index contributed by atoms with van der Waals surface area (Å²) in [6, 6.07) is 5.74. The highest BCUT2D eigenvalue weighted by Crippen LogP contribution is 2.34. The van der Waals surface area contributed by atoms with Crippen LogP contribution in [0.5, 0.6) is 5.75 Å². The Morgan fingerprint density at radius 1 is 1.39 bits per heavy atom. The number of nitro benzene ring substituents is 1. The molecular weight excluding hydrogens is 430 g/mol. The first-order valence-corrected chi connectivity index (χ1v) is 10.8. The van der Waals surface area contributed by atoms with Crippen molar-refractivity contribution in [2.45, 2.75) is 23.1 Å². The Morgan fingerprint density at radius 3 is 2.75 bits per heavy atom. The summed E-state index contributed by atoms with van der Waals surface area (Å²) in [4.78, 5) is 23.2. The van der Waals surface area contributed by atoms with Gasteiger partial charge in [-0.25, -0.2) is 8.42 Å². The molecule has 1 aromatic heterocycles. The molecule has 0 bridgehead atoms. The Hall–Kier alpha value is -2.21. The summed E-state index contributed by atoms with van der Waals surface area (Å²) in [5.41, 5.74) is -0.120. The van der Waals surface area contributed by atoms with E-state index in [4.69, 9.17) is 16.3 Å². The van der Waals surface area contributed by atoms with Crippen LogP contribution in [0.2, 0.25) is 4.34 Å². The number of benzene rings is 1. The normalized spacial score (nSPS) is 17.4. The van der Waals surface area contributed by atoms with Crippen LogP contribution in [-0.4, -0.2) is 43.2 Å². The van der Waals surface area contributed by atoms with Crippen molar-refractivity contribution >= 4 is 50.2 Å². The van der Waals surface area contributed by atoms with Gasteiger partial charge in [0, 0.05) is 18.7 Å². The van der Waals surface area contributed by atoms with Crippen molar-refractivity contribution in [3.63, 3.8) is 0 Å². The zero-order valence-electron chi connectivity index (χ0n) is 14.6. The van der Waals surface area contributed by atoms with E-state index < -0.39 is 26.9 Å². The smallest absolute Gasteiger partial charge is 0.271 e. The SMILES string of the molecule is COc1ccc([N+](=O)[O-])cc1NC(=O)[C@H]1CCCN1S(=O)(=O)c1ccc(Cl)s1. The quantitative estimate of drug-likeness (QED) is 0.539. The van der Waals surface area contributed by atoms with E-state index in [1.54, 1.807) is 0 Å². The number of nitrogens with zero attached hydrogens (tertiary/aromatic N) is 2. The van der Waals surface area contributed by atoms with Crippen molar-refractivity contribution in [2.75, 3.05) is 19.0 Å². The molecule has 0 unspecified atom stereocenters. The van der Waals surface area contributed by atoms with Gasteiger partial charge in [0.2, 0.25) is 5.91 Å². The van der Waals surface area contributed by atoms with E-state index in [0.717, 1.165) is 15.6 Å². The third kappa shape index (κ3) is 3.97. The Labute approximate surface area is 170 Å². The number of methoxy groups -OCH3 is 1. The van der Waals surface area contributed by atoms with Gasteiger partial charge in [-0.1, -0.05) is 11.6 Å². The average molecular weight is 446 g/mol. The minimum atomic E-state index is -3.87. The molecule has 9 nitrogen and oxygen atoms in total. The van der Waals surface area contributed by atoms with Crippen molar-refractivity contribution in [1.29, 1.82) is 0 Å². The van der Waals surface area contributed by atoms with Crippen LogP contribution in [0.3, 0.4) is 0 Å². The number of hydrogen-bond donors (Lipinski definition) is 1. The first-order chi connectivity index (χ1) is 13.2. The number of amides is 1. The Kier molecular flexibility index (Phi) is 5.89. The maximum absolute atomic E-state index is 12.9. The van der Waals surface area contributed by atoms with Crippen LogP contribution in [0.1, 0.15) is 12.8 Å². The molecule has 2 aromatic rings. The molecule has 0 saturated carbocycles. The molecule has 1 N–H and O–H groups in total. The summed E-state index contributed by atoms with van der Waals surface area (Å²) < 4.78 is 32.4. The van der Waals surface area contributed by atoms with Crippen LogP contribution in [0, 0.1) is 10.1 Å². The van der Waals surface area contributed by atoms with Crippen LogP contribution in [-0.2, 0) is 14.8 Å². The summed E-state index contributed by atoms with van der Waals surface area (Å²) >= 11 is 6.76. The van der Waals surface area contributed by atoms with Gasteiger partial charge in [0.25, 0.3) is 15.7 Å². The summed E-state index contributed by atoms with van der Waals surface area (Å²) in [5, 5.41) is 13.6. The molecule has 1 aliphatic heterocycles. The fourth-order valence-electron chi connectivity index (χ4n) is 2.97. The van der Waals surface area contributed by atoms with Crippen LogP contribution in [0.15, 0.2) is 34.5 Å². The maximum Gasteiger partial charge on any atom is 0.271 e. The van der Waals surface area contributed by atoms with E-state index in [0.29, 0.717) is 17.2 Å². The van der Waals surface area contributed by atoms with Gasteiger partial charge in [-0.15, -0.1) is 11.3 Å². The first-order valence-electron chi connectivity index (χ1n) is 8.14. The van der Waals surface area contributed by atoms with Gasteiger partial charge in [0.15, 0.2) is 0 Å². The molecule has 1 aliphatic rings. The highest BCUT2D eigenvalue weighted by molar-refractivity contribution is 7.91. The Bertz CT molecular complexity index is 1020. The van der Waals surface area contributed by atoms with E-state index in [1.165, 1.54) is 37.4 Å². The largest absolute Gasteiger partial charge is 0.495 e. The van der Waals surface area contributed by atoms with E-state index in [-0.39, 0.29) is 27.9 Å². The van der Waals surface area contributed by atoms with Gasteiger partial charge in [0.05, 0.1) is 22.1 Å². The number of carbonyl (C=O) groups is 1. The molecule has 12 heteroatoms. The fraction of sp³-hybridized carbons (Fsp3) is 0.312. The predicted octanol–water partition coefficient (Wildman–Crippen LogP) is 3.11. The fourth-order valence-corrected chi connectivity index (χ4v) is 6.23. The number of non-ortho nitro benzene ring substituents is 1. The molecular formula is C16H16ClN3O6S2. The summed E-state index contributed by atoms with van der Waals surface area (Å²) in [5.74, 6) is -0.348. The maximum atomic E-state index is 12.9. The van der Waals surface area contributed by atoms with Crippen LogP contribution in [0.25, 0.3) is 0 Å². The van der Waals surface area contributed by atoms with E-state index in [2.05, 4.69) is 5.32 Å². The van der Waals surface area contributed by atoms with Gasteiger partial charge >= 0.3 is 0 Å². The average Bonchev–Trinajstić information content (AvgIpc) is 3.31. The van der Waals surface area contributed by atoms with Crippen molar-refractivity contribution in [3.8, 4) is 5.75 Å². The van der Waals surface area contributed by atoms with Gasteiger partial charge in [0.1, 0.15) is 16.0 Å². The van der Waals surface area contributed by atoms with E-state index >= 15 is 0 Å². The minimum absolute atomic E-state index is 0.0603. The van der Waals surface area contributed by atoms with E-state index in [9.17, 15) is 23.3 Å². The minimum Gasteiger partial charge on any atom is -0.495 e. The molecule has 1 atom stereocenters. The molecule has 0 radical (unpaired) electrons. The number of nitro groups is 1. The lowest BCUT2D eigenvalue weighted by atomic mass is 10.2. The number of hydrogen-bond acceptors (Lipinski definition) is 7. The summed E-state index contributed by atoms with van der Waals surface area (Å²) in [6.07, 6.45) is 0.851. The van der Waals surface area contributed by atoms with Crippen molar-refractivity contribution in [3.05, 3.63) is 44.8 Å². The highest BCUT2D eigenvalue weighted by Gasteiger charge is 2.40. The molecule has 150 valence electrons. The number of halogens is 1. The van der Waals surface area contributed by atoms with Gasteiger partial charge in [-0.3, -0.25) is 14.9 Å². The van der Waals surface area contributed by atoms with E-state index in [1.807, 2.05) is 0 Å². The second kappa shape index (κ2) is 8.03. The van der Waals surface area contributed by atoms with Gasteiger partial charge in [-0.2, -0.15) is 4.31 Å². The second-order valence-electron chi connectivity index (χ2n) is 5.96. The first kappa shape index (κ1) is 20.5. The second-order valence-corrected chi connectivity index (χ2v) is 9.80. The number of nitrogens with one attached hydrogen (secondary N) is 1. The highest BCUT2D eigenvalue weighted by atomic mass is 35.5. The van der Waals surface area contributed by atoms with Crippen LogP contribution in [0.4, 0.5) is 11.4 Å². The monoisotopic (exact) mass is 445 g/mol. The zero-order valence-corrected chi connectivity index (χ0v) is 17.0. The Morgan fingerprint density at radius 2 is 2.14 bits per heavy atom. The number of ether oxygens (including phenoxy) is 1. The number of carbonyl (C=O) groups excluding carboxylic acids is 1. The number of anilines is 1. The predicted molar refractivity (Wildman–Crippen MR) is 105 cm³/mol. The lowest BCUT2D eigenvalue weighted by Crippen LogP contribution is -2.42. The molecule has 1 fully saturated rings. The summed E-state index contributed by atoms with van der Waals surface area (Å²) in [6.45, 7) is 0.196. The third-order valence-corrected chi connectivity index (χ3v) is 7.88. The number of sulfonamides is 1. The topological polar surface area (TPSA) is 119 Å². The molecule has 3 rings (SSSR count). The van der Waals surface area contributed by atoms with Gasteiger partial charge < -0.3 is 10.1 Å². The molecule has 28 heavy (non-hydrogen) atoms. The Balaban J connectivity index is 1.86. The van der Waals surface area contributed by atoms with Gasteiger partial charge in [-0.05, 0) is 31.0 Å². The lowest BCUT2D eigenvalue weighted by Gasteiger charge is -2.23. The molecule has 2 heterocycles. The summed E-state index contributed by atoms with van der Waals surface area (Å²) in [7, 11) is -2.51. The number of thiophene rings is 1. The van der Waals surface area contributed by atoms with Crippen molar-refractivity contribution in [2.24, 2.45) is 0 Å². The van der Waals surface area contributed by atoms with Crippen molar-refractivity contribution in [1.82, 2.24) is 4.31 Å². The third-order valence-electron chi connectivity index (χ3n) is 4.27. The molecule has 1 aromatic carbocycles. The molecule has 1 saturated heterocycles. The lowest BCUT2D eigenvalue weighted by molar-refractivity contribution is -0.384.